The molecule has 0 unspecified atom stereocenters. The van der Waals surface area contributed by atoms with Crippen LogP contribution in [-0.4, -0.2) is 45.5 Å². The first-order valence-corrected chi connectivity index (χ1v) is 10.1. The molecule has 2 aromatic carbocycles. The van der Waals surface area contributed by atoms with E-state index >= 15 is 0 Å². The van der Waals surface area contributed by atoms with E-state index in [1.165, 1.54) is 12.1 Å². The standard InChI is InChI=1S/C24H17F2NO8/c1-10-2-16(27(8-22(31)32)9-23(33)34)19(30)5-11(10)24-12-3-14(25)17(28)6-20(12)35-21-7-18(29)15(26)4-13(21)24/h2-7,28,30H,8-9H2,1H3,(H,31,32)(H,33,34). The largest absolute Gasteiger partial charge is 0.506 e. The topological polar surface area (TPSA) is 149 Å². The van der Waals surface area contributed by atoms with Crippen molar-refractivity contribution in [3.63, 3.8) is 0 Å². The molecule has 0 spiro atoms. The molecule has 9 nitrogen and oxygen atoms in total. The third kappa shape index (κ3) is 4.31. The molecule has 0 amide bonds. The minimum Gasteiger partial charge on any atom is -0.506 e. The molecule has 0 atom stereocenters. The van der Waals surface area contributed by atoms with E-state index in [1.807, 2.05) is 0 Å². The van der Waals surface area contributed by atoms with Gasteiger partial charge in [0.1, 0.15) is 30.2 Å². The van der Waals surface area contributed by atoms with Crippen molar-refractivity contribution in [2.24, 2.45) is 0 Å². The lowest BCUT2D eigenvalue weighted by Crippen LogP contribution is -2.34. The van der Waals surface area contributed by atoms with Crippen LogP contribution in [0.1, 0.15) is 5.56 Å². The second-order valence-corrected chi connectivity index (χ2v) is 7.86. The number of fused-ring (bicyclic) bond motifs is 2. The first-order chi connectivity index (χ1) is 16.5. The highest BCUT2D eigenvalue weighted by Gasteiger charge is 2.24. The summed E-state index contributed by atoms with van der Waals surface area (Å²) in [5, 5.41) is 38.9. The van der Waals surface area contributed by atoms with Crippen LogP contribution < -0.4 is 10.3 Å². The van der Waals surface area contributed by atoms with Gasteiger partial charge in [-0.25, -0.2) is 8.78 Å². The number of hydrogen-bond donors (Lipinski definition) is 4. The van der Waals surface area contributed by atoms with Gasteiger partial charge < -0.3 is 29.7 Å². The lowest BCUT2D eigenvalue weighted by molar-refractivity contribution is -0.136. The number of phenols is 2. The molecule has 0 saturated carbocycles. The van der Waals surface area contributed by atoms with Gasteiger partial charge in [-0.05, 0) is 42.3 Å². The van der Waals surface area contributed by atoms with E-state index in [-0.39, 0.29) is 39.1 Å². The summed E-state index contributed by atoms with van der Waals surface area (Å²) in [4.78, 5) is 35.2. The summed E-state index contributed by atoms with van der Waals surface area (Å²) in [6.07, 6.45) is 0. The van der Waals surface area contributed by atoms with E-state index < -0.39 is 53.6 Å². The van der Waals surface area contributed by atoms with Crippen molar-refractivity contribution in [1.82, 2.24) is 0 Å². The van der Waals surface area contributed by atoms with Crippen LogP contribution in [0.2, 0.25) is 0 Å². The zero-order chi connectivity index (χ0) is 25.6. The van der Waals surface area contributed by atoms with Crippen molar-refractivity contribution in [2.75, 3.05) is 18.0 Å². The fourth-order valence-electron chi connectivity index (χ4n) is 3.95. The number of aromatic hydroxyl groups is 2. The van der Waals surface area contributed by atoms with Crippen LogP contribution in [0, 0.1) is 18.6 Å². The third-order valence-corrected chi connectivity index (χ3v) is 5.43. The summed E-state index contributed by atoms with van der Waals surface area (Å²) in [7, 11) is 0. The molecule has 1 heterocycles. The van der Waals surface area contributed by atoms with Crippen molar-refractivity contribution in [3.8, 4) is 33.9 Å². The van der Waals surface area contributed by atoms with Gasteiger partial charge in [-0.15, -0.1) is 0 Å². The highest BCUT2D eigenvalue weighted by Crippen LogP contribution is 2.45. The Labute approximate surface area is 195 Å². The summed E-state index contributed by atoms with van der Waals surface area (Å²) in [6.45, 7) is 0.141. The monoisotopic (exact) mass is 485 g/mol. The van der Waals surface area contributed by atoms with Crippen LogP contribution in [0.3, 0.4) is 0 Å². The summed E-state index contributed by atoms with van der Waals surface area (Å²) in [6, 6.07) is 6.30. The molecule has 0 fully saturated rings. The first-order valence-electron chi connectivity index (χ1n) is 10.1. The van der Waals surface area contributed by atoms with Crippen molar-refractivity contribution in [2.45, 2.75) is 6.92 Å². The number of anilines is 1. The average molecular weight is 485 g/mol. The number of carboxylic acid groups (broad SMARTS) is 2. The van der Waals surface area contributed by atoms with Gasteiger partial charge in [-0.3, -0.25) is 14.4 Å². The highest BCUT2D eigenvalue weighted by atomic mass is 19.1. The van der Waals surface area contributed by atoms with Gasteiger partial charge in [-0.1, -0.05) is 0 Å². The molecule has 0 saturated heterocycles. The van der Waals surface area contributed by atoms with E-state index in [9.17, 15) is 33.4 Å². The fraction of sp³-hybridized carbons (Fsp3) is 0.125. The Balaban J connectivity index is 2.04. The quantitative estimate of drug-likeness (QED) is 0.301. The van der Waals surface area contributed by atoms with Crippen LogP contribution in [0.4, 0.5) is 14.5 Å². The number of phenolic OH excluding ortho intramolecular Hbond substituents is 2. The number of benzene rings is 3. The van der Waals surface area contributed by atoms with Gasteiger partial charge in [0.2, 0.25) is 5.43 Å². The normalized spacial score (nSPS) is 11.2. The third-order valence-electron chi connectivity index (χ3n) is 5.43. The number of carbonyl (C=O) groups is 2. The Bertz CT molecular complexity index is 1530. The van der Waals surface area contributed by atoms with Crippen molar-refractivity contribution >= 4 is 28.6 Å². The van der Waals surface area contributed by atoms with Crippen LogP contribution in [-0.2, 0) is 9.59 Å². The minimum atomic E-state index is -1.33. The van der Waals surface area contributed by atoms with E-state index in [2.05, 4.69) is 0 Å². The van der Waals surface area contributed by atoms with Crippen LogP contribution in [0.25, 0.3) is 33.4 Å². The number of hydrogen-bond acceptors (Lipinski definition) is 7. The number of aliphatic carboxylic acids is 2. The number of nitrogens with zero attached hydrogens (tertiary/aromatic N) is 1. The molecule has 0 bridgehead atoms. The van der Waals surface area contributed by atoms with Crippen molar-refractivity contribution in [3.05, 3.63) is 63.8 Å². The first kappa shape index (κ1) is 23.5. The summed E-state index contributed by atoms with van der Waals surface area (Å²) in [5.74, 6) is -6.02. The Morgan fingerprint density at radius 2 is 1.54 bits per heavy atom. The fourth-order valence-corrected chi connectivity index (χ4v) is 3.95. The Morgan fingerprint density at radius 3 is 2.17 bits per heavy atom. The predicted octanol–water partition coefficient (Wildman–Crippen LogP) is 3.54. The number of aryl methyl sites for hydroxylation is 1. The minimum absolute atomic E-state index is 0.0289. The molecule has 35 heavy (non-hydrogen) atoms. The molecule has 0 radical (unpaired) electrons. The Morgan fingerprint density at radius 1 is 0.886 bits per heavy atom. The molecule has 11 heteroatoms. The summed E-state index contributed by atoms with van der Waals surface area (Å²) >= 11 is 0. The predicted molar refractivity (Wildman–Crippen MR) is 120 cm³/mol. The Kier molecular flexibility index (Phi) is 5.77. The maximum Gasteiger partial charge on any atom is 0.323 e. The van der Waals surface area contributed by atoms with Crippen LogP contribution in [0.5, 0.6) is 11.5 Å². The van der Waals surface area contributed by atoms with Gasteiger partial charge in [-0.2, -0.15) is 0 Å². The van der Waals surface area contributed by atoms with Gasteiger partial charge in [0, 0.05) is 28.6 Å². The number of carboxylic acids is 2. The maximum atomic E-state index is 14.3. The molecule has 0 aromatic heterocycles. The molecule has 2 aliphatic rings. The molecule has 180 valence electrons. The van der Waals surface area contributed by atoms with E-state index in [1.54, 1.807) is 6.92 Å². The van der Waals surface area contributed by atoms with E-state index in [0.717, 1.165) is 29.2 Å². The SMILES string of the molecule is Cc1cc(N(CC(=O)O)CC(=O)O)c(O)cc1-c1c2cc(F)c(=O)cc-2oc2cc(O)c(F)cc12. The second-order valence-electron chi connectivity index (χ2n) is 7.86. The lowest BCUT2D eigenvalue weighted by atomic mass is 9.90. The van der Waals surface area contributed by atoms with Crippen molar-refractivity contribution in [1.29, 1.82) is 0 Å². The number of halogens is 2. The molecule has 1 aliphatic carbocycles. The molecular weight excluding hydrogens is 468 g/mol. The summed E-state index contributed by atoms with van der Waals surface area (Å²) in [5.41, 5.74) is -0.200. The van der Waals surface area contributed by atoms with Gasteiger partial charge >= 0.3 is 11.9 Å². The zero-order valence-electron chi connectivity index (χ0n) is 18.0. The second kappa shape index (κ2) is 8.60. The summed E-state index contributed by atoms with van der Waals surface area (Å²) < 4.78 is 34.1. The van der Waals surface area contributed by atoms with E-state index in [0.29, 0.717) is 5.56 Å². The van der Waals surface area contributed by atoms with Gasteiger partial charge in [0.15, 0.2) is 17.4 Å². The lowest BCUT2D eigenvalue weighted by Gasteiger charge is -2.24. The zero-order valence-corrected chi connectivity index (χ0v) is 18.0. The van der Waals surface area contributed by atoms with Gasteiger partial charge in [0.05, 0.1) is 5.69 Å². The van der Waals surface area contributed by atoms with E-state index in [4.69, 9.17) is 14.6 Å². The maximum absolute atomic E-state index is 14.3. The van der Waals surface area contributed by atoms with Crippen LogP contribution in [0.15, 0.2) is 45.6 Å². The average Bonchev–Trinajstić information content (AvgIpc) is 2.75. The smallest absolute Gasteiger partial charge is 0.323 e. The van der Waals surface area contributed by atoms with Gasteiger partial charge in [0.25, 0.3) is 0 Å². The highest BCUT2D eigenvalue weighted by molar-refractivity contribution is 6.03. The Hall–Kier alpha value is -4.67. The molecule has 1 aliphatic heterocycles. The van der Waals surface area contributed by atoms with Crippen LogP contribution >= 0.6 is 0 Å². The number of rotatable bonds is 6. The molecule has 2 aromatic rings. The van der Waals surface area contributed by atoms with Crippen molar-refractivity contribution < 1.29 is 43.2 Å². The molecule has 4 N–H and O–H groups in total. The molecular formula is C24H17F2NO8. The molecule has 4 rings (SSSR count).